The van der Waals surface area contributed by atoms with Crippen molar-refractivity contribution in [2.24, 2.45) is 11.3 Å². The second-order valence-corrected chi connectivity index (χ2v) is 10.4. The number of hydrogen-bond acceptors (Lipinski definition) is 3. The Bertz CT molecular complexity index is 903. The highest BCUT2D eigenvalue weighted by molar-refractivity contribution is 6.30. The first-order valence-electron chi connectivity index (χ1n) is 12.3. The van der Waals surface area contributed by atoms with Crippen LogP contribution in [0.2, 0.25) is 5.02 Å². The standard InChI is InChI=1S/C24H29ClN2O.C4H6O/c25-22-10-8-21(9-11-22)18-27-19-24(17-23(27)28)12-15-26(16-13-24)14-4-7-20-5-2-1-3-6-20;5-3-4-1-2-4/h1-3,5-6,8-11H,4,7,12-19H2;3-4H,1-2H2. The molecule has 2 aliphatic heterocycles. The summed E-state index contributed by atoms with van der Waals surface area (Å²) in [5.41, 5.74) is 2.78. The average molecular weight is 467 g/mol. The van der Waals surface area contributed by atoms with Crippen molar-refractivity contribution in [2.75, 3.05) is 26.2 Å². The third kappa shape index (κ3) is 7.15. The molecule has 5 rings (SSSR count). The number of carbonyl (C=O) groups excluding carboxylic acids is 2. The number of benzene rings is 2. The van der Waals surface area contributed by atoms with Crippen molar-refractivity contribution in [3.8, 4) is 0 Å². The van der Waals surface area contributed by atoms with Crippen molar-refractivity contribution >= 4 is 23.8 Å². The number of likely N-dealkylation sites (tertiary alicyclic amines) is 2. The lowest BCUT2D eigenvalue weighted by Crippen LogP contribution is -2.41. The molecule has 0 radical (unpaired) electrons. The van der Waals surface area contributed by atoms with E-state index in [9.17, 15) is 9.59 Å². The van der Waals surface area contributed by atoms with Gasteiger partial charge in [0.1, 0.15) is 6.29 Å². The van der Waals surface area contributed by atoms with Crippen LogP contribution < -0.4 is 0 Å². The van der Waals surface area contributed by atoms with Crippen molar-refractivity contribution in [3.05, 3.63) is 70.7 Å². The van der Waals surface area contributed by atoms with Crippen LogP contribution in [-0.2, 0) is 22.6 Å². The van der Waals surface area contributed by atoms with Gasteiger partial charge in [-0.2, -0.15) is 0 Å². The van der Waals surface area contributed by atoms with Crippen LogP contribution in [0.5, 0.6) is 0 Å². The number of aldehydes is 1. The molecule has 0 unspecified atom stereocenters. The fourth-order valence-corrected chi connectivity index (χ4v) is 5.03. The van der Waals surface area contributed by atoms with E-state index in [0.717, 1.165) is 81.6 Å². The molecule has 3 fully saturated rings. The second kappa shape index (κ2) is 11.3. The van der Waals surface area contributed by atoms with Crippen LogP contribution in [0.3, 0.4) is 0 Å². The van der Waals surface area contributed by atoms with E-state index in [1.165, 1.54) is 12.0 Å². The van der Waals surface area contributed by atoms with Gasteiger partial charge in [-0.05, 0) is 86.8 Å². The maximum absolute atomic E-state index is 12.6. The molecule has 1 saturated carbocycles. The van der Waals surface area contributed by atoms with Gasteiger partial charge >= 0.3 is 0 Å². The lowest BCUT2D eigenvalue weighted by molar-refractivity contribution is -0.128. The zero-order valence-corrected chi connectivity index (χ0v) is 20.2. The number of piperidine rings is 1. The predicted octanol–water partition coefficient (Wildman–Crippen LogP) is 5.38. The first kappa shape index (κ1) is 24.0. The summed E-state index contributed by atoms with van der Waals surface area (Å²) in [6, 6.07) is 18.6. The molecule has 0 atom stereocenters. The smallest absolute Gasteiger partial charge is 0.223 e. The maximum atomic E-state index is 12.6. The molecule has 3 aliphatic rings. The molecule has 4 nitrogen and oxygen atoms in total. The Kier molecular flexibility index (Phi) is 8.21. The Morgan fingerprint density at radius 2 is 1.67 bits per heavy atom. The molecule has 1 amide bonds. The molecule has 176 valence electrons. The number of carbonyl (C=O) groups is 2. The Hall–Kier alpha value is -2.17. The second-order valence-electron chi connectivity index (χ2n) is 9.96. The molecule has 2 heterocycles. The van der Waals surface area contributed by atoms with Gasteiger partial charge in [0.25, 0.3) is 0 Å². The van der Waals surface area contributed by atoms with Crippen molar-refractivity contribution in [1.82, 2.24) is 9.80 Å². The summed E-state index contributed by atoms with van der Waals surface area (Å²) in [5, 5.41) is 0.743. The fourth-order valence-electron chi connectivity index (χ4n) is 4.91. The van der Waals surface area contributed by atoms with Gasteiger partial charge in [0.05, 0.1) is 0 Å². The summed E-state index contributed by atoms with van der Waals surface area (Å²) < 4.78 is 0. The van der Waals surface area contributed by atoms with Crippen molar-refractivity contribution in [2.45, 2.75) is 51.5 Å². The Balaban J connectivity index is 0.000000459. The van der Waals surface area contributed by atoms with E-state index in [-0.39, 0.29) is 5.41 Å². The van der Waals surface area contributed by atoms with E-state index in [1.807, 2.05) is 29.2 Å². The average Bonchev–Trinajstić information content (AvgIpc) is 3.63. The molecule has 2 aromatic carbocycles. The zero-order valence-electron chi connectivity index (χ0n) is 19.4. The van der Waals surface area contributed by atoms with Gasteiger partial charge in [0, 0.05) is 30.5 Å². The van der Waals surface area contributed by atoms with Crippen molar-refractivity contribution in [3.63, 3.8) is 0 Å². The van der Waals surface area contributed by atoms with E-state index < -0.39 is 0 Å². The third-order valence-electron chi connectivity index (χ3n) is 7.21. The fraction of sp³-hybridized carbons (Fsp3) is 0.500. The van der Waals surface area contributed by atoms with Crippen LogP contribution in [-0.4, -0.2) is 48.2 Å². The summed E-state index contributed by atoms with van der Waals surface area (Å²) in [6.45, 7) is 5.02. The zero-order chi connectivity index (χ0) is 23.1. The molecule has 0 bridgehead atoms. The maximum Gasteiger partial charge on any atom is 0.223 e. The third-order valence-corrected chi connectivity index (χ3v) is 7.46. The van der Waals surface area contributed by atoms with Crippen LogP contribution in [0.1, 0.15) is 49.7 Å². The Morgan fingerprint density at radius 1 is 0.970 bits per heavy atom. The van der Waals surface area contributed by atoms with Gasteiger partial charge in [-0.1, -0.05) is 54.1 Å². The van der Waals surface area contributed by atoms with Crippen LogP contribution in [0.4, 0.5) is 0 Å². The van der Waals surface area contributed by atoms with E-state index in [4.69, 9.17) is 11.6 Å². The van der Waals surface area contributed by atoms with E-state index in [2.05, 4.69) is 35.2 Å². The summed E-state index contributed by atoms with van der Waals surface area (Å²) >= 11 is 5.97. The van der Waals surface area contributed by atoms with Gasteiger partial charge in [0.15, 0.2) is 0 Å². The summed E-state index contributed by atoms with van der Waals surface area (Å²) in [4.78, 5) is 26.8. The normalized spacial score (nSPS) is 19.9. The highest BCUT2D eigenvalue weighted by Gasteiger charge is 2.44. The lowest BCUT2D eigenvalue weighted by atomic mass is 9.77. The van der Waals surface area contributed by atoms with Crippen molar-refractivity contribution in [1.29, 1.82) is 0 Å². The summed E-state index contributed by atoms with van der Waals surface area (Å²) in [6.07, 6.45) is 8.67. The van der Waals surface area contributed by atoms with E-state index in [0.29, 0.717) is 18.4 Å². The molecule has 5 heteroatoms. The minimum atomic E-state index is 0.194. The van der Waals surface area contributed by atoms with Gasteiger partial charge in [-0.25, -0.2) is 0 Å². The number of amides is 1. The highest BCUT2D eigenvalue weighted by atomic mass is 35.5. The molecule has 2 aromatic rings. The minimum absolute atomic E-state index is 0.194. The van der Waals surface area contributed by atoms with Gasteiger partial charge in [0.2, 0.25) is 5.91 Å². The summed E-state index contributed by atoms with van der Waals surface area (Å²) in [5.74, 6) is 0.766. The number of nitrogens with zero attached hydrogens (tertiary/aromatic N) is 2. The number of halogens is 1. The molecule has 1 aliphatic carbocycles. The number of rotatable bonds is 7. The number of hydrogen-bond donors (Lipinski definition) is 0. The topological polar surface area (TPSA) is 40.6 Å². The Labute approximate surface area is 202 Å². The van der Waals surface area contributed by atoms with Gasteiger partial charge in [-0.3, -0.25) is 4.79 Å². The van der Waals surface area contributed by atoms with Crippen molar-refractivity contribution < 1.29 is 9.59 Å². The first-order chi connectivity index (χ1) is 16.0. The molecular weight excluding hydrogens is 432 g/mol. The Morgan fingerprint density at radius 3 is 2.27 bits per heavy atom. The number of aryl methyl sites for hydroxylation is 1. The minimum Gasteiger partial charge on any atom is -0.338 e. The molecule has 33 heavy (non-hydrogen) atoms. The molecule has 0 N–H and O–H groups in total. The SMILES string of the molecule is O=C1CC2(CCN(CCCc3ccccc3)CC2)CN1Cc1ccc(Cl)cc1.O=CC1CC1. The molecule has 1 spiro atoms. The quantitative estimate of drug-likeness (QED) is 0.514. The predicted molar refractivity (Wildman–Crippen MR) is 133 cm³/mol. The first-order valence-corrected chi connectivity index (χ1v) is 12.7. The van der Waals surface area contributed by atoms with E-state index >= 15 is 0 Å². The van der Waals surface area contributed by atoms with Crippen LogP contribution in [0.15, 0.2) is 54.6 Å². The van der Waals surface area contributed by atoms with Crippen LogP contribution in [0.25, 0.3) is 0 Å². The van der Waals surface area contributed by atoms with Gasteiger partial charge < -0.3 is 14.6 Å². The molecule has 0 aromatic heterocycles. The lowest BCUT2D eigenvalue weighted by Gasteiger charge is -2.38. The largest absolute Gasteiger partial charge is 0.338 e. The van der Waals surface area contributed by atoms with E-state index in [1.54, 1.807) is 0 Å². The van der Waals surface area contributed by atoms with Crippen LogP contribution in [0, 0.1) is 11.3 Å². The highest BCUT2D eigenvalue weighted by Crippen LogP contribution is 2.41. The van der Waals surface area contributed by atoms with Gasteiger partial charge in [-0.15, -0.1) is 0 Å². The summed E-state index contributed by atoms with van der Waals surface area (Å²) in [7, 11) is 0. The molecular formula is C28H35ClN2O2. The molecule has 2 saturated heterocycles. The monoisotopic (exact) mass is 466 g/mol. The van der Waals surface area contributed by atoms with Crippen LogP contribution >= 0.6 is 11.6 Å².